The van der Waals surface area contributed by atoms with Gasteiger partial charge in [-0.15, -0.1) is 0 Å². The Kier molecular flexibility index (Phi) is 9.74. The Morgan fingerprint density at radius 2 is 1.88 bits per heavy atom. The molecule has 17 heavy (non-hydrogen) atoms. The van der Waals surface area contributed by atoms with Gasteiger partial charge < -0.3 is 15.0 Å². The molecule has 0 radical (unpaired) electrons. The average Bonchev–Trinajstić information content (AvgIpc) is 2.23. The van der Waals surface area contributed by atoms with Crippen molar-refractivity contribution in [3.05, 3.63) is 0 Å². The molecule has 4 nitrogen and oxygen atoms in total. The van der Waals surface area contributed by atoms with E-state index in [9.17, 15) is 0 Å². The molecule has 0 aromatic rings. The van der Waals surface area contributed by atoms with E-state index in [1.165, 1.54) is 0 Å². The molecule has 0 heterocycles. The predicted molar refractivity (Wildman–Crippen MR) is 74.6 cm³/mol. The van der Waals surface area contributed by atoms with E-state index in [4.69, 9.17) is 4.74 Å². The Morgan fingerprint density at radius 1 is 1.24 bits per heavy atom. The van der Waals surface area contributed by atoms with Crippen molar-refractivity contribution in [2.45, 2.75) is 32.9 Å². The lowest BCUT2D eigenvalue weighted by Gasteiger charge is -2.30. The van der Waals surface area contributed by atoms with E-state index in [2.05, 4.69) is 50.0 Å². The first-order chi connectivity index (χ1) is 8.01. The third kappa shape index (κ3) is 8.55. The van der Waals surface area contributed by atoms with Crippen LogP contribution in [0.15, 0.2) is 0 Å². The number of hydrogen-bond acceptors (Lipinski definition) is 4. The second-order valence-corrected chi connectivity index (χ2v) is 5.05. The molecule has 0 amide bonds. The quantitative estimate of drug-likeness (QED) is 0.618. The molecular weight excluding hydrogens is 214 g/mol. The molecule has 0 saturated heterocycles. The van der Waals surface area contributed by atoms with Crippen molar-refractivity contribution >= 4 is 0 Å². The van der Waals surface area contributed by atoms with Crippen LogP contribution >= 0.6 is 0 Å². The van der Waals surface area contributed by atoms with Crippen LogP contribution in [0.25, 0.3) is 0 Å². The maximum Gasteiger partial charge on any atom is 0.0613 e. The second kappa shape index (κ2) is 9.83. The molecule has 0 spiro atoms. The van der Waals surface area contributed by atoms with Gasteiger partial charge in [-0.25, -0.2) is 0 Å². The number of hydrogen-bond donors (Lipinski definition) is 1. The minimum absolute atomic E-state index is 0.433. The van der Waals surface area contributed by atoms with Crippen LogP contribution in [0.5, 0.6) is 0 Å². The summed E-state index contributed by atoms with van der Waals surface area (Å²) in [6.07, 6.45) is 0. The fraction of sp³-hybridized carbons (Fsp3) is 1.00. The van der Waals surface area contributed by atoms with Gasteiger partial charge in [0, 0.05) is 38.8 Å². The summed E-state index contributed by atoms with van der Waals surface area (Å²) in [5, 5.41) is 3.48. The predicted octanol–water partition coefficient (Wildman–Crippen LogP) is 0.883. The molecule has 0 bridgehead atoms. The van der Waals surface area contributed by atoms with Gasteiger partial charge in [-0.05, 0) is 34.5 Å². The maximum atomic E-state index is 5.10. The number of methoxy groups -OCH3 is 1. The summed E-state index contributed by atoms with van der Waals surface area (Å²) in [5.41, 5.74) is 0. The zero-order valence-corrected chi connectivity index (χ0v) is 12.5. The fourth-order valence-electron chi connectivity index (χ4n) is 2.10. The molecule has 2 unspecified atom stereocenters. The van der Waals surface area contributed by atoms with Crippen LogP contribution in [0.1, 0.15) is 20.8 Å². The van der Waals surface area contributed by atoms with Crippen LogP contribution in [0.3, 0.4) is 0 Å². The molecule has 0 saturated carbocycles. The van der Waals surface area contributed by atoms with Gasteiger partial charge in [0.25, 0.3) is 0 Å². The highest BCUT2D eigenvalue weighted by Gasteiger charge is 2.12. The average molecular weight is 245 g/mol. The summed E-state index contributed by atoms with van der Waals surface area (Å²) < 4.78 is 5.10. The molecule has 2 atom stereocenters. The summed E-state index contributed by atoms with van der Waals surface area (Å²) in [7, 11) is 6.00. The summed E-state index contributed by atoms with van der Waals surface area (Å²) in [5.74, 6) is 0. The largest absolute Gasteiger partial charge is 0.383 e. The highest BCUT2D eigenvalue weighted by Crippen LogP contribution is 1.99. The highest BCUT2D eigenvalue weighted by atomic mass is 16.5. The van der Waals surface area contributed by atoms with Crippen LogP contribution in [0.4, 0.5) is 0 Å². The van der Waals surface area contributed by atoms with Crippen molar-refractivity contribution in [1.82, 2.24) is 15.1 Å². The third-order valence-electron chi connectivity index (χ3n) is 2.97. The van der Waals surface area contributed by atoms with E-state index in [1.54, 1.807) is 7.11 Å². The van der Waals surface area contributed by atoms with Crippen LogP contribution in [0.2, 0.25) is 0 Å². The van der Waals surface area contributed by atoms with E-state index in [0.29, 0.717) is 12.1 Å². The molecule has 4 heteroatoms. The molecule has 0 aliphatic rings. The fourth-order valence-corrected chi connectivity index (χ4v) is 2.10. The number of ether oxygens (including phenoxy) is 1. The first kappa shape index (κ1) is 16.8. The van der Waals surface area contributed by atoms with E-state index < -0.39 is 0 Å². The van der Waals surface area contributed by atoms with Gasteiger partial charge in [-0.2, -0.15) is 0 Å². The molecule has 0 rings (SSSR count). The van der Waals surface area contributed by atoms with Gasteiger partial charge in [-0.1, -0.05) is 6.92 Å². The molecule has 104 valence electrons. The van der Waals surface area contributed by atoms with Gasteiger partial charge in [0.15, 0.2) is 0 Å². The van der Waals surface area contributed by atoms with E-state index in [-0.39, 0.29) is 0 Å². The molecular formula is C13H31N3O. The van der Waals surface area contributed by atoms with Crippen LogP contribution in [-0.2, 0) is 4.74 Å². The summed E-state index contributed by atoms with van der Waals surface area (Å²) >= 11 is 0. The monoisotopic (exact) mass is 245 g/mol. The Bertz CT molecular complexity index is 176. The van der Waals surface area contributed by atoms with E-state index in [1.807, 2.05) is 0 Å². The van der Waals surface area contributed by atoms with Crippen molar-refractivity contribution in [1.29, 1.82) is 0 Å². The highest BCUT2D eigenvalue weighted by molar-refractivity contribution is 4.70. The molecule has 0 aliphatic heterocycles. The lowest BCUT2D eigenvalue weighted by Crippen LogP contribution is -2.44. The lowest BCUT2D eigenvalue weighted by atomic mass is 10.2. The first-order valence-electron chi connectivity index (χ1n) is 6.62. The summed E-state index contributed by atoms with van der Waals surface area (Å²) in [4.78, 5) is 4.75. The van der Waals surface area contributed by atoms with Crippen molar-refractivity contribution in [2.24, 2.45) is 0 Å². The summed E-state index contributed by atoms with van der Waals surface area (Å²) in [6.45, 7) is 11.8. The van der Waals surface area contributed by atoms with Crippen molar-refractivity contribution in [3.63, 3.8) is 0 Å². The zero-order chi connectivity index (χ0) is 13.3. The Hall–Kier alpha value is -0.160. The first-order valence-corrected chi connectivity index (χ1v) is 6.62. The van der Waals surface area contributed by atoms with Crippen molar-refractivity contribution in [3.8, 4) is 0 Å². The van der Waals surface area contributed by atoms with Gasteiger partial charge in [0.2, 0.25) is 0 Å². The SMILES string of the molecule is CCN(CCNC(C)COC)C(C)CN(C)C. The van der Waals surface area contributed by atoms with Gasteiger partial charge in [-0.3, -0.25) is 4.90 Å². The van der Waals surface area contributed by atoms with E-state index in [0.717, 1.165) is 32.8 Å². The van der Waals surface area contributed by atoms with Crippen LogP contribution in [0, 0.1) is 0 Å². The normalized spacial score (nSPS) is 15.5. The molecule has 0 aromatic heterocycles. The van der Waals surface area contributed by atoms with Gasteiger partial charge in [0.05, 0.1) is 6.61 Å². The number of nitrogens with one attached hydrogen (secondary N) is 1. The minimum atomic E-state index is 0.433. The van der Waals surface area contributed by atoms with Crippen LogP contribution in [-0.4, -0.2) is 75.9 Å². The molecule has 0 aromatic carbocycles. The Labute approximate surface area is 107 Å². The smallest absolute Gasteiger partial charge is 0.0613 e. The van der Waals surface area contributed by atoms with Crippen molar-refractivity contribution in [2.75, 3.05) is 54.0 Å². The molecule has 1 N–H and O–H groups in total. The number of rotatable bonds is 10. The Balaban J connectivity index is 3.81. The number of nitrogens with zero attached hydrogens (tertiary/aromatic N) is 2. The van der Waals surface area contributed by atoms with E-state index >= 15 is 0 Å². The zero-order valence-electron chi connectivity index (χ0n) is 12.5. The Morgan fingerprint density at radius 3 is 2.35 bits per heavy atom. The van der Waals surface area contributed by atoms with Gasteiger partial charge in [0.1, 0.15) is 0 Å². The second-order valence-electron chi connectivity index (χ2n) is 5.05. The van der Waals surface area contributed by atoms with Crippen LogP contribution < -0.4 is 5.32 Å². The molecule has 0 fully saturated rings. The third-order valence-corrected chi connectivity index (χ3v) is 2.97. The summed E-state index contributed by atoms with van der Waals surface area (Å²) in [6, 6.07) is 1.04. The van der Waals surface area contributed by atoms with Crippen molar-refractivity contribution < 1.29 is 4.74 Å². The molecule has 0 aliphatic carbocycles. The van der Waals surface area contributed by atoms with Gasteiger partial charge >= 0.3 is 0 Å². The minimum Gasteiger partial charge on any atom is -0.383 e. The topological polar surface area (TPSA) is 27.7 Å². The maximum absolute atomic E-state index is 5.10. The standard InChI is InChI=1S/C13H31N3O/c1-7-16(13(3)10-15(4)5)9-8-14-12(2)11-17-6/h12-14H,7-11H2,1-6H3. The lowest BCUT2D eigenvalue weighted by molar-refractivity contribution is 0.159. The number of likely N-dealkylation sites (N-methyl/N-ethyl adjacent to an activating group) is 2.